The summed E-state index contributed by atoms with van der Waals surface area (Å²) in [6, 6.07) is 3.14. The number of anilines is 2. The van der Waals surface area contributed by atoms with Gasteiger partial charge in [-0.05, 0) is 12.1 Å². The molecule has 17 N–H and O–H groups in total. The summed E-state index contributed by atoms with van der Waals surface area (Å²) in [6.45, 7) is 0. The zero-order valence-electron chi connectivity index (χ0n) is 16.9. The molecule has 21 nitrogen and oxygen atoms in total. The van der Waals surface area contributed by atoms with Crippen molar-refractivity contribution in [3.63, 3.8) is 0 Å². The molecule has 32 heavy (non-hydrogen) atoms. The summed E-state index contributed by atoms with van der Waals surface area (Å²) in [7, 11) is 3.24. The molecule has 2 aromatic heterocycles. The van der Waals surface area contributed by atoms with Crippen LogP contribution in [0.3, 0.4) is 0 Å². The Balaban J connectivity index is -0.0000000399. The van der Waals surface area contributed by atoms with Gasteiger partial charge in [-0.25, -0.2) is 9.59 Å². The van der Waals surface area contributed by atoms with Gasteiger partial charge in [-0.2, -0.15) is 9.97 Å². The van der Waals surface area contributed by atoms with Crippen LogP contribution in [0.25, 0.3) is 0 Å². The van der Waals surface area contributed by atoms with Crippen LogP contribution < -0.4 is 41.3 Å². The first-order valence-corrected chi connectivity index (χ1v) is 6.08. The van der Waals surface area contributed by atoms with Crippen LogP contribution in [-0.2, 0) is 35.2 Å². The van der Waals surface area contributed by atoms with E-state index in [1.165, 1.54) is 9.13 Å². The van der Waals surface area contributed by atoms with Gasteiger partial charge in [0.05, 0.1) is 10.2 Å². The van der Waals surface area contributed by atoms with Crippen LogP contribution in [0.15, 0.2) is 34.1 Å². The second kappa shape index (κ2) is 27.2. The molecular formula is C10H27N11O10Pt. The fourth-order valence-corrected chi connectivity index (χ4v) is 0.957. The van der Waals surface area contributed by atoms with Gasteiger partial charge in [0.15, 0.2) is 0 Å². The maximum atomic E-state index is 10.6. The number of nitrogens with zero attached hydrogens (tertiary/aromatic N) is 6. The number of hydrogen-bond donors (Lipinski definition) is 5. The predicted molar refractivity (Wildman–Crippen MR) is 111 cm³/mol. The fourth-order valence-electron chi connectivity index (χ4n) is 0.957. The van der Waals surface area contributed by atoms with Crippen molar-refractivity contribution in [2.75, 3.05) is 11.5 Å². The molecular weight excluding hydrogens is 629 g/mol. The zero-order valence-corrected chi connectivity index (χ0v) is 19.1. The molecule has 192 valence electrons. The van der Waals surface area contributed by atoms with Gasteiger partial charge in [0, 0.05) is 26.5 Å². The van der Waals surface area contributed by atoms with Crippen LogP contribution in [0.2, 0.25) is 0 Å². The van der Waals surface area contributed by atoms with Gasteiger partial charge in [0.2, 0.25) is 0 Å². The average molecular weight is 656 g/mol. The van der Waals surface area contributed by atoms with Crippen LogP contribution in [0.4, 0.5) is 11.6 Å². The minimum Gasteiger partial charge on any atom is -0.412 e. The van der Waals surface area contributed by atoms with Crippen molar-refractivity contribution in [3.8, 4) is 0 Å². The molecule has 0 aliphatic rings. The third-order valence-electron chi connectivity index (χ3n) is 1.99. The summed E-state index contributed by atoms with van der Waals surface area (Å²) in [4.78, 5) is 44.6. The van der Waals surface area contributed by atoms with E-state index in [1.807, 2.05) is 0 Å². The molecule has 0 aromatic carbocycles. The van der Waals surface area contributed by atoms with Crippen molar-refractivity contribution < 1.29 is 42.2 Å². The van der Waals surface area contributed by atoms with E-state index >= 15 is 0 Å². The number of nitrogens with two attached hydrogens (primary N) is 2. The summed E-state index contributed by atoms with van der Waals surface area (Å²) >= 11 is 0. The van der Waals surface area contributed by atoms with Crippen LogP contribution in [0, 0.1) is 30.6 Å². The van der Waals surface area contributed by atoms with Gasteiger partial charge in [0.1, 0.15) is 11.6 Å². The van der Waals surface area contributed by atoms with Gasteiger partial charge in [-0.15, -0.1) is 0 Å². The number of hydrogen-bond acceptors (Lipinski definition) is 15. The van der Waals surface area contributed by atoms with E-state index in [9.17, 15) is 9.59 Å². The van der Waals surface area contributed by atoms with E-state index in [4.69, 9.17) is 42.1 Å². The molecule has 2 rings (SSSR count). The number of rotatable bonds is 0. The minimum atomic E-state index is -1.75. The van der Waals surface area contributed by atoms with Crippen molar-refractivity contribution in [1.82, 2.24) is 37.6 Å². The van der Waals surface area contributed by atoms with Gasteiger partial charge >= 0.3 is 32.4 Å². The first-order chi connectivity index (χ1) is 11.9. The molecule has 0 atom stereocenters. The Morgan fingerprint density at radius 1 is 0.750 bits per heavy atom. The summed E-state index contributed by atoms with van der Waals surface area (Å²) < 4.78 is 2.72. The van der Waals surface area contributed by atoms with Crippen molar-refractivity contribution in [1.29, 1.82) is 0 Å². The molecule has 0 aliphatic carbocycles. The largest absolute Gasteiger partial charge is 2.00 e. The Hall–Kier alpha value is -3.75. The minimum absolute atomic E-state index is 0. The van der Waals surface area contributed by atoms with E-state index in [2.05, 4.69) is 9.97 Å². The van der Waals surface area contributed by atoms with E-state index < -0.39 is 10.2 Å². The summed E-state index contributed by atoms with van der Waals surface area (Å²) in [6.07, 6.45) is 3.15. The fraction of sp³-hybridized carbons (Fsp3) is 0.200. The van der Waals surface area contributed by atoms with Crippen LogP contribution in [-0.4, -0.2) is 40.2 Å². The summed E-state index contributed by atoms with van der Waals surface area (Å²) in [5, 5.41) is 29.5. The first kappa shape index (κ1) is 51.2. The molecule has 22 heteroatoms. The van der Waals surface area contributed by atoms with Gasteiger partial charge in [-0.3, -0.25) is 0 Å². The van der Waals surface area contributed by atoms with Crippen molar-refractivity contribution in [2.45, 2.75) is 0 Å². The van der Waals surface area contributed by atoms with E-state index in [0.29, 0.717) is 0 Å². The third kappa shape index (κ3) is 33.8. The molecule has 0 radical (unpaired) electrons. The zero-order chi connectivity index (χ0) is 20.9. The van der Waals surface area contributed by atoms with E-state index in [-0.39, 0.29) is 73.5 Å². The first-order valence-electron chi connectivity index (χ1n) is 6.08. The molecule has 0 saturated heterocycles. The second-order valence-corrected chi connectivity index (χ2v) is 3.94. The normalized spacial score (nSPS) is 6.81. The molecule has 2 aromatic rings. The topological polar surface area (TPSA) is 422 Å². The molecule has 0 fully saturated rings. The molecule has 0 saturated carbocycles. The third-order valence-corrected chi connectivity index (χ3v) is 1.99. The Labute approximate surface area is 193 Å². The van der Waals surface area contributed by atoms with Gasteiger partial charge in [-0.1, -0.05) is 0 Å². The Kier molecular flexibility index (Phi) is 43.6. The Morgan fingerprint density at radius 2 is 0.938 bits per heavy atom. The SMILES string of the molecule is Cn1ccc(N)nc1=O.Cn1ccc(N)nc1=O.N.N.N.O.O.O=[N+]([O-])[O-].O=[N+]([O-])[O-].[Pt+2]. The summed E-state index contributed by atoms with van der Waals surface area (Å²) in [5.74, 6) is 0.524. The molecule has 0 unspecified atom stereocenters. The molecule has 0 aliphatic heterocycles. The summed E-state index contributed by atoms with van der Waals surface area (Å²) in [5.41, 5.74) is 9.76. The predicted octanol–water partition coefficient (Wildman–Crippen LogP) is -2.92. The van der Waals surface area contributed by atoms with Gasteiger partial charge in [0.25, 0.3) is 0 Å². The Morgan fingerprint density at radius 3 is 1.06 bits per heavy atom. The monoisotopic (exact) mass is 656 g/mol. The number of nitrogen functional groups attached to an aromatic ring is 2. The standard InChI is InChI=1S/2C5H7N3O.2NO3.3H3N.2H2O.Pt/c2*1-8-3-2-4(6)7-5(8)9;2*2-1(3)4;;;;;;/h2*2-3H,1H3,(H2,6,7,9);;;3*1H3;2*1H2;/q;;2*-1;;;;;;+2. The maximum absolute atomic E-state index is 10.6. The van der Waals surface area contributed by atoms with Crippen molar-refractivity contribution >= 4 is 11.6 Å². The van der Waals surface area contributed by atoms with Crippen LogP contribution >= 0.6 is 0 Å². The maximum Gasteiger partial charge on any atom is 2.00 e. The quantitative estimate of drug-likeness (QED) is 0.140. The van der Waals surface area contributed by atoms with E-state index in [1.54, 1.807) is 38.6 Å². The van der Waals surface area contributed by atoms with E-state index in [0.717, 1.165) is 0 Å². The smallest absolute Gasteiger partial charge is 0.412 e. The molecule has 0 bridgehead atoms. The number of aromatic nitrogens is 4. The van der Waals surface area contributed by atoms with Crippen LogP contribution in [0.5, 0.6) is 0 Å². The Bertz CT molecular complexity index is 769. The second-order valence-electron chi connectivity index (χ2n) is 3.94. The number of aryl methyl sites for hydroxylation is 2. The average Bonchev–Trinajstić information content (AvgIpc) is 2.47. The van der Waals surface area contributed by atoms with Crippen molar-refractivity contribution in [2.24, 2.45) is 14.1 Å². The van der Waals surface area contributed by atoms with Crippen LogP contribution in [0.1, 0.15) is 0 Å². The van der Waals surface area contributed by atoms with Gasteiger partial charge < -0.3 is 80.6 Å². The molecule has 2 heterocycles. The van der Waals surface area contributed by atoms with Crippen molar-refractivity contribution in [3.05, 3.63) is 76.1 Å². The molecule has 0 spiro atoms. The molecule has 0 amide bonds.